The number of amides is 1. The number of ether oxygens (including phenoxy) is 2. The van der Waals surface area contributed by atoms with Gasteiger partial charge >= 0.3 is 6.09 Å². The summed E-state index contributed by atoms with van der Waals surface area (Å²) in [5, 5.41) is 22.2. The molecule has 0 aliphatic rings. The van der Waals surface area contributed by atoms with Crippen molar-refractivity contribution in [3.05, 3.63) is 94.8 Å². The van der Waals surface area contributed by atoms with Crippen molar-refractivity contribution >= 4 is 61.3 Å². The molecule has 0 atom stereocenters. The minimum absolute atomic E-state index is 0.0115. The van der Waals surface area contributed by atoms with Crippen molar-refractivity contribution in [2.75, 3.05) is 13.2 Å². The highest BCUT2D eigenvalue weighted by molar-refractivity contribution is 7.90. The maximum atomic E-state index is 13.7. The number of nitrogens with zero attached hydrogens (tertiary/aromatic N) is 5. The standard InChI is InChI=1S/C31H24Cl2N6O7S/c1-17-2-5-22(6-3-17)47(43,44)39-16-23(26-27(32)37-30(33)38-28(26)39)19-4-7-24-20(11-19)12-25(29(40)36-24)46-9-8-45-21-10-18(13-34-15-21)14-35-31(41)42/h2-7,10-13,15-16,35H,8-9,14H2,1H3,(H,36,40)(H,41,42). The fourth-order valence-electron chi connectivity index (χ4n) is 4.81. The molecule has 4 heterocycles. The van der Waals surface area contributed by atoms with E-state index in [-0.39, 0.29) is 57.8 Å². The van der Waals surface area contributed by atoms with Gasteiger partial charge in [0.25, 0.3) is 15.9 Å². The number of hydrogen-bond donors (Lipinski definition) is 3. The van der Waals surface area contributed by atoms with Crippen molar-refractivity contribution < 1.29 is 32.9 Å². The zero-order valence-corrected chi connectivity index (χ0v) is 26.7. The number of halogens is 2. The third-order valence-electron chi connectivity index (χ3n) is 7.02. The number of carboxylic acid groups (broad SMARTS) is 1. The molecular formula is C31H24Cl2N6O7S. The first kappa shape index (κ1) is 31.8. The number of rotatable bonds is 10. The maximum Gasteiger partial charge on any atom is 0.404 e. The van der Waals surface area contributed by atoms with Crippen molar-refractivity contribution in [3.63, 3.8) is 0 Å². The smallest absolute Gasteiger partial charge is 0.404 e. The molecule has 0 radical (unpaired) electrons. The Morgan fingerprint density at radius 1 is 0.979 bits per heavy atom. The van der Waals surface area contributed by atoms with Crippen LogP contribution in [0, 0.1) is 6.92 Å². The van der Waals surface area contributed by atoms with Crippen LogP contribution in [0.1, 0.15) is 11.1 Å². The second kappa shape index (κ2) is 12.9. The number of hydrogen-bond acceptors (Lipinski definition) is 10. The lowest BCUT2D eigenvalue weighted by atomic mass is 10.0. The molecule has 0 unspecified atom stereocenters. The molecular weight excluding hydrogens is 671 g/mol. The summed E-state index contributed by atoms with van der Waals surface area (Å²) >= 11 is 12.6. The van der Waals surface area contributed by atoms with E-state index in [4.69, 9.17) is 37.8 Å². The van der Waals surface area contributed by atoms with Gasteiger partial charge in [0, 0.05) is 29.9 Å². The first-order valence-electron chi connectivity index (χ1n) is 13.9. The first-order chi connectivity index (χ1) is 22.5. The molecule has 4 aromatic heterocycles. The number of fused-ring (bicyclic) bond motifs is 2. The van der Waals surface area contributed by atoms with Crippen molar-refractivity contribution in [2.45, 2.75) is 18.4 Å². The predicted molar refractivity (Wildman–Crippen MR) is 174 cm³/mol. The van der Waals surface area contributed by atoms with E-state index in [1.807, 2.05) is 6.92 Å². The third kappa shape index (κ3) is 6.70. The van der Waals surface area contributed by atoms with Crippen molar-refractivity contribution in [2.24, 2.45) is 0 Å². The van der Waals surface area contributed by atoms with Gasteiger partial charge in [-0.15, -0.1) is 0 Å². The van der Waals surface area contributed by atoms with Gasteiger partial charge in [0.05, 0.1) is 22.0 Å². The summed E-state index contributed by atoms with van der Waals surface area (Å²) < 4.78 is 39.9. The molecule has 3 N–H and O–H groups in total. The van der Waals surface area contributed by atoms with Gasteiger partial charge in [0.15, 0.2) is 11.4 Å². The van der Waals surface area contributed by atoms with Crippen LogP contribution >= 0.6 is 23.2 Å². The molecule has 16 heteroatoms. The number of nitrogens with one attached hydrogen (secondary N) is 1. The Morgan fingerprint density at radius 3 is 2.51 bits per heavy atom. The lowest BCUT2D eigenvalue weighted by Crippen LogP contribution is -2.20. The van der Waals surface area contributed by atoms with Gasteiger partial charge in [-0.05, 0) is 66.0 Å². The molecule has 1 amide bonds. The largest absolute Gasteiger partial charge is 0.491 e. The molecule has 47 heavy (non-hydrogen) atoms. The van der Waals surface area contributed by atoms with Crippen molar-refractivity contribution in [1.82, 2.24) is 29.2 Å². The maximum absolute atomic E-state index is 13.7. The van der Waals surface area contributed by atoms with E-state index in [9.17, 15) is 18.3 Å². The Hall–Kier alpha value is -5.18. The SMILES string of the molecule is Cc1ccc(S(=O)(=O)n2cc(-c3ccc4nc(O)c(OCCOc5cncc(CNC(=O)O)c5)cc4c3)c3c(Cl)nc(Cl)nc32)cc1. The zero-order valence-electron chi connectivity index (χ0n) is 24.4. The van der Waals surface area contributed by atoms with E-state index < -0.39 is 16.1 Å². The Morgan fingerprint density at radius 2 is 1.74 bits per heavy atom. The van der Waals surface area contributed by atoms with Gasteiger partial charge in [0.1, 0.15) is 24.1 Å². The summed E-state index contributed by atoms with van der Waals surface area (Å²) in [6.45, 7) is 2.06. The highest BCUT2D eigenvalue weighted by Gasteiger charge is 2.25. The van der Waals surface area contributed by atoms with E-state index in [0.29, 0.717) is 33.3 Å². The van der Waals surface area contributed by atoms with Gasteiger partial charge in [-0.3, -0.25) is 4.98 Å². The Kier molecular flexibility index (Phi) is 8.73. The third-order valence-corrected chi connectivity index (χ3v) is 9.12. The van der Waals surface area contributed by atoms with Crippen LogP contribution in [0.4, 0.5) is 4.79 Å². The van der Waals surface area contributed by atoms with Crippen LogP contribution in [-0.2, 0) is 16.6 Å². The Balaban J connectivity index is 1.28. The van der Waals surface area contributed by atoms with E-state index in [1.54, 1.807) is 42.5 Å². The summed E-state index contributed by atoms with van der Waals surface area (Å²) in [7, 11) is -4.10. The highest BCUT2D eigenvalue weighted by Crippen LogP contribution is 2.38. The minimum Gasteiger partial charge on any atom is -0.491 e. The second-order valence-electron chi connectivity index (χ2n) is 10.2. The van der Waals surface area contributed by atoms with Gasteiger partial charge in [0.2, 0.25) is 5.28 Å². The number of aromatic hydroxyl groups is 1. The minimum atomic E-state index is -4.10. The molecule has 0 saturated heterocycles. The van der Waals surface area contributed by atoms with E-state index in [2.05, 4.69) is 25.3 Å². The molecule has 0 saturated carbocycles. The van der Waals surface area contributed by atoms with Crippen LogP contribution in [0.15, 0.2) is 78.1 Å². The molecule has 0 spiro atoms. The zero-order chi connectivity index (χ0) is 33.3. The second-order valence-corrected chi connectivity index (χ2v) is 12.8. The predicted octanol–water partition coefficient (Wildman–Crippen LogP) is 5.82. The molecule has 0 aliphatic carbocycles. The van der Waals surface area contributed by atoms with Crippen LogP contribution in [0.3, 0.4) is 0 Å². The van der Waals surface area contributed by atoms with E-state index in [0.717, 1.165) is 9.54 Å². The highest BCUT2D eigenvalue weighted by atomic mass is 35.5. The van der Waals surface area contributed by atoms with E-state index >= 15 is 0 Å². The fourth-order valence-corrected chi connectivity index (χ4v) is 6.59. The van der Waals surface area contributed by atoms with Gasteiger partial charge in [-0.1, -0.05) is 35.4 Å². The van der Waals surface area contributed by atoms with Crippen molar-refractivity contribution in [1.29, 1.82) is 0 Å². The number of benzene rings is 2. The summed E-state index contributed by atoms with van der Waals surface area (Å²) in [6.07, 6.45) is 3.27. The molecule has 2 aromatic carbocycles. The quantitative estimate of drug-likeness (QED) is 0.0893. The monoisotopic (exact) mass is 694 g/mol. The van der Waals surface area contributed by atoms with Crippen LogP contribution in [0.2, 0.25) is 10.4 Å². The molecule has 240 valence electrons. The van der Waals surface area contributed by atoms with Crippen LogP contribution in [0.5, 0.6) is 17.4 Å². The Bertz CT molecular complexity index is 2260. The van der Waals surface area contributed by atoms with Crippen LogP contribution in [0.25, 0.3) is 33.1 Å². The van der Waals surface area contributed by atoms with Crippen molar-refractivity contribution in [3.8, 4) is 28.5 Å². The topological polar surface area (TPSA) is 179 Å². The summed E-state index contributed by atoms with van der Waals surface area (Å²) in [5.41, 5.74) is 2.98. The summed E-state index contributed by atoms with van der Waals surface area (Å²) in [4.78, 5) is 27.3. The average Bonchev–Trinajstić information content (AvgIpc) is 3.43. The molecule has 0 aliphatic heterocycles. The van der Waals surface area contributed by atoms with Crippen LogP contribution < -0.4 is 14.8 Å². The summed E-state index contributed by atoms with van der Waals surface area (Å²) in [5.74, 6) is 0.171. The first-order valence-corrected chi connectivity index (χ1v) is 16.1. The average molecular weight is 696 g/mol. The summed E-state index contributed by atoms with van der Waals surface area (Å²) in [6, 6.07) is 14.8. The number of carbonyl (C=O) groups is 1. The van der Waals surface area contributed by atoms with E-state index in [1.165, 1.54) is 30.7 Å². The molecule has 6 aromatic rings. The van der Waals surface area contributed by atoms with Gasteiger partial charge in [-0.25, -0.2) is 27.2 Å². The molecule has 6 rings (SSSR count). The normalized spacial score (nSPS) is 11.6. The Labute approximate surface area is 277 Å². The van der Waals surface area contributed by atoms with Gasteiger partial charge < -0.3 is 25.0 Å². The number of aryl methyl sites for hydroxylation is 1. The fraction of sp³-hybridized carbons (Fsp3) is 0.129. The lowest BCUT2D eigenvalue weighted by Gasteiger charge is -2.11. The van der Waals surface area contributed by atoms with Crippen LogP contribution in [-0.4, -0.2) is 61.8 Å². The lowest BCUT2D eigenvalue weighted by molar-refractivity contribution is 0.194. The molecule has 13 nitrogen and oxygen atoms in total. The molecule has 0 fully saturated rings. The van der Waals surface area contributed by atoms with Gasteiger partial charge in [-0.2, -0.15) is 4.98 Å². The molecule has 0 bridgehead atoms. The number of aromatic nitrogens is 5. The number of pyridine rings is 2.